The number of halogens is 3. The Labute approximate surface area is 84.0 Å². The van der Waals surface area contributed by atoms with Crippen LogP contribution in [0.25, 0.3) is 0 Å². The zero-order valence-corrected chi connectivity index (χ0v) is 7.80. The van der Waals surface area contributed by atoms with E-state index in [-0.39, 0.29) is 17.1 Å². The van der Waals surface area contributed by atoms with E-state index in [1.54, 1.807) is 0 Å². The average molecular weight is 224 g/mol. The topological polar surface area (TPSA) is 53.4 Å². The van der Waals surface area contributed by atoms with Crippen molar-refractivity contribution in [2.45, 2.75) is 18.9 Å². The van der Waals surface area contributed by atoms with Gasteiger partial charge in [-0.2, -0.15) is 0 Å². The van der Waals surface area contributed by atoms with Gasteiger partial charge in [-0.15, -0.1) is 11.6 Å². The molecule has 1 aromatic rings. The van der Waals surface area contributed by atoms with Gasteiger partial charge in [-0.1, -0.05) is 0 Å². The van der Waals surface area contributed by atoms with Gasteiger partial charge < -0.3 is 10.2 Å². The Morgan fingerprint density at radius 3 is 2.57 bits per heavy atom. The van der Waals surface area contributed by atoms with Crippen LogP contribution >= 0.6 is 11.6 Å². The van der Waals surface area contributed by atoms with E-state index in [1.165, 1.54) is 6.07 Å². The molecule has 1 aromatic heterocycles. The fourth-order valence-corrected chi connectivity index (χ4v) is 1.15. The Morgan fingerprint density at radius 1 is 1.50 bits per heavy atom. The summed E-state index contributed by atoms with van der Waals surface area (Å²) >= 11 is 5.41. The second-order valence-electron chi connectivity index (χ2n) is 2.60. The Morgan fingerprint density at radius 2 is 2.14 bits per heavy atom. The van der Waals surface area contributed by atoms with E-state index < -0.39 is 24.5 Å². The molecule has 0 saturated heterocycles. The molecule has 0 aliphatic carbocycles. The fraction of sp³-hybridized carbons (Fsp3) is 0.375. The molecule has 0 fully saturated rings. The van der Waals surface area contributed by atoms with Crippen LogP contribution in [-0.4, -0.2) is 15.2 Å². The molecule has 0 radical (unpaired) electrons. The summed E-state index contributed by atoms with van der Waals surface area (Å²) in [6.45, 7) is -0.530. The van der Waals surface area contributed by atoms with Crippen LogP contribution in [0.1, 0.15) is 23.4 Å². The van der Waals surface area contributed by atoms with E-state index in [4.69, 9.17) is 16.7 Å². The van der Waals surface area contributed by atoms with E-state index >= 15 is 0 Å². The molecule has 0 amide bonds. The molecule has 78 valence electrons. The van der Waals surface area contributed by atoms with E-state index in [0.29, 0.717) is 0 Å². The van der Waals surface area contributed by atoms with E-state index in [0.717, 1.165) is 0 Å². The number of rotatable bonds is 3. The third kappa shape index (κ3) is 2.10. The van der Waals surface area contributed by atoms with Crippen molar-refractivity contribution < 1.29 is 19.0 Å². The van der Waals surface area contributed by atoms with Crippen LogP contribution in [0.15, 0.2) is 6.07 Å². The van der Waals surface area contributed by atoms with Crippen molar-refractivity contribution in [2.75, 3.05) is 0 Å². The molecule has 0 spiro atoms. The quantitative estimate of drug-likeness (QED) is 0.771. The van der Waals surface area contributed by atoms with Gasteiger partial charge in [0, 0.05) is 5.56 Å². The third-order valence-electron chi connectivity index (χ3n) is 1.67. The summed E-state index contributed by atoms with van der Waals surface area (Å²) in [5.41, 5.74) is -0.540. The van der Waals surface area contributed by atoms with Crippen molar-refractivity contribution in [2.24, 2.45) is 0 Å². The summed E-state index contributed by atoms with van der Waals surface area (Å²) in [5, 5.41) is 18.0. The Bertz CT molecular complexity index is 333. The lowest BCUT2D eigenvalue weighted by atomic mass is 10.2. The van der Waals surface area contributed by atoms with Gasteiger partial charge in [0.25, 0.3) is 6.43 Å². The molecule has 1 rings (SSSR count). The molecule has 14 heavy (non-hydrogen) atoms. The minimum absolute atomic E-state index is 0.00551. The molecule has 0 aliphatic rings. The van der Waals surface area contributed by atoms with Crippen molar-refractivity contribution in [3.63, 3.8) is 0 Å². The van der Waals surface area contributed by atoms with Crippen LogP contribution in [0.4, 0.5) is 8.78 Å². The number of aromatic nitrogens is 1. The number of hydrogen-bond donors (Lipinski definition) is 2. The van der Waals surface area contributed by atoms with E-state index in [1.807, 2.05) is 0 Å². The third-order valence-corrected chi connectivity index (χ3v) is 1.94. The monoisotopic (exact) mass is 223 g/mol. The predicted octanol–water partition coefficient (Wildman–Crippen LogP) is 1.96. The lowest BCUT2D eigenvalue weighted by molar-refractivity contribution is 0.140. The maximum absolute atomic E-state index is 12.3. The number of aromatic hydroxyl groups is 1. The van der Waals surface area contributed by atoms with Crippen molar-refractivity contribution in [1.82, 2.24) is 4.98 Å². The van der Waals surface area contributed by atoms with Crippen LogP contribution in [-0.2, 0) is 12.5 Å². The van der Waals surface area contributed by atoms with Crippen LogP contribution in [0.3, 0.4) is 0 Å². The molecule has 0 saturated carbocycles. The molecule has 3 nitrogen and oxygen atoms in total. The molecule has 0 aliphatic heterocycles. The highest BCUT2D eigenvalue weighted by molar-refractivity contribution is 6.16. The van der Waals surface area contributed by atoms with Gasteiger partial charge in [-0.3, -0.25) is 0 Å². The second kappa shape index (κ2) is 4.52. The molecule has 2 N–H and O–H groups in total. The highest BCUT2D eigenvalue weighted by Crippen LogP contribution is 2.30. The highest BCUT2D eigenvalue weighted by atomic mass is 35.5. The first kappa shape index (κ1) is 11.1. The number of pyridine rings is 1. The smallest absolute Gasteiger partial charge is 0.284 e. The highest BCUT2D eigenvalue weighted by Gasteiger charge is 2.18. The largest absolute Gasteiger partial charge is 0.505 e. The number of aliphatic hydroxyl groups is 1. The normalized spacial score (nSPS) is 10.9. The van der Waals surface area contributed by atoms with Gasteiger partial charge in [0.1, 0.15) is 11.4 Å². The van der Waals surface area contributed by atoms with Crippen molar-refractivity contribution in [1.29, 1.82) is 0 Å². The van der Waals surface area contributed by atoms with Gasteiger partial charge in [-0.25, -0.2) is 13.8 Å². The second-order valence-corrected chi connectivity index (χ2v) is 2.87. The molecular formula is C8H8ClF2NO2. The molecule has 0 unspecified atom stereocenters. The predicted molar refractivity (Wildman–Crippen MR) is 46.3 cm³/mol. The zero-order valence-electron chi connectivity index (χ0n) is 7.04. The van der Waals surface area contributed by atoms with Gasteiger partial charge in [0.15, 0.2) is 0 Å². The van der Waals surface area contributed by atoms with Gasteiger partial charge in [0.05, 0.1) is 18.2 Å². The molecule has 1 heterocycles. The summed E-state index contributed by atoms with van der Waals surface area (Å²) in [4.78, 5) is 3.46. The van der Waals surface area contributed by atoms with Crippen LogP contribution < -0.4 is 0 Å². The number of nitrogens with zero attached hydrogens (tertiary/aromatic N) is 1. The molecule has 0 aromatic carbocycles. The SMILES string of the molecule is OCc1cc(CCl)nc(C(F)F)c1O. The molecule has 0 atom stereocenters. The van der Waals surface area contributed by atoms with Crippen LogP contribution in [0.5, 0.6) is 5.75 Å². The maximum Gasteiger partial charge on any atom is 0.284 e. The minimum Gasteiger partial charge on any atom is -0.505 e. The first-order valence-corrected chi connectivity index (χ1v) is 4.30. The van der Waals surface area contributed by atoms with Crippen molar-refractivity contribution in [3.05, 3.63) is 23.0 Å². The maximum atomic E-state index is 12.3. The zero-order chi connectivity index (χ0) is 10.7. The Balaban J connectivity index is 3.27. The molecule has 0 bridgehead atoms. The Hall–Kier alpha value is -0.940. The van der Waals surface area contributed by atoms with Gasteiger partial charge in [-0.05, 0) is 6.07 Å². The summed E-state index contributed by atoms with van der Waals surface area (Å²) in [7, 11) is 0. The summed E-state index contributed by atoms with van der Waals surface area (Å²) < 4.78 is 24.6. The number of aliphatic hydroxyl groups excluding tert-OH is 1. The average Bonchev–Trinajstić information content (AvgIpc) is 2.17. The van der Waals surface area contributed by atoms with Crippen LogP contribution in [0.2, 0.25) is 0 Å². The lowest BCUT2D eigenvalue weighted by Gasteiger charge is -2.08. The summed E-state index contributed by atoms with van der Waals surface area (Å²) in [5.74, 6) is -0.719. The first-order valence-electron chi connectivity index (χ1n) is 3.76. The molecule has 6 heteroatoms. The first-order chi connectivity index (χ1) is 6.60. The van der Waals surface area contributed by atoms with Crippen molar-refractivity contribution in [3.8, 4) is 5.75 Å². The number of alkyl halides is 3. The molecular weight excluding hydrogens is 216 g/mol. The van der Waals surface area contributed by atoms with Crippen molar-refractivity contribution >= 4 is 11.6 Å². The number of hydrogen-bond acceptors (Lipinski definition) is 3. The van der Waals surface area contributed by atoms with Gasteiger partial charge >= 0.3 is 0 Å². The summed E-state index contributed by atoms with van der Waals surface area (Å²) in [6.07, 6.45) is -2.89. The standard InChI is InChI=1S/C8H8ClF2NO2/c9-2-5-1-4(3-13)7(14)6(12-5)8(10)11/h1,8,13-14H,2-3H2. The minimum atomic E-state index is -2.89. The van der Waals surface area contributed by atoms with Gasteiger partial charge in [0.2, 0.25) is 0 Å². The lowest BCUT2D eigenvalue weighted by Crippen LogP contribution is -1.99. The van der Waals surface area contributed by atoms with E-state index in [2.05, 4.69) is 4.98 Å². The van der Waals surface area contributed by atoms with Crippen LogP contribution in [0, 0.1) is 0 Å². The Kier molecular flexibility index (Phi) is 3.60. The van der Waals surface area contributed by atoms with E-state index in [9.17, 15) is 13.9 Å². The fourth-order valence-electron chi connectivity index (χ4n) is 1.02. The summed E-state index contributed by atoms with van der Waals surface area (Å²) in [6, 6.07) is 1.29.